The van der Waals surface area contributed by atoms with Gasteiger partial charge >= 0.3 is 5.97 Å². The highest BCUT2D eigenvalue weighted by Crippen LogP contribution is 2.19. The van der Waals surface area contributed by atoms with Gasteiger partial charge in [-0.25, -0.2) is 0 Å². The number of carbonyl (C=O) groups is 2. The number of nitrogens with zero attached hydrogens (tertiary/aromatic N) is 2. The summed E-state index contributed by atoms with van der Waals surface area (Å²) >= 11 is 0. The minimum atomic E-state index is -0.929. The van der Waals surface area contributed by atoms with Gasteiger partial charge in [0, 0.05) is 18.5 Å². The number of hydrogen-bond donors (Lipinski definition) is 1. The maximum Gasteiger partial charge on any atom is 0.306 e. The average Bonchev–Trinajstić information content (AvgIpc) is 2.90. The molecule has 2 heterocycles. The minimum absolute atomic E-state index is 0.0993. The largest absolute Gasteiger partial charge is 0.481 e. The van der Waals surface area contributed by atoms with Crippen LogP contribution < -0.4 is 0 Å². The molecule has 1 aromatic carbocycles. The number of carboxylic acid groups (broad SMARTS) is 1. The van der Waals surface area contributed by atoms with Crippen molar-refractivity contribution in [3.8, 4) is 0 Å². The van der Waals surface area contributed by atoms with Crippen molar-refractivity contribution in [1.29, 1.82) is 0 Å². The molecule has 1 atom stereocenters. The van der Waals surface area contributed by atoms with Gasteiger partial charge in [0.05, 0.1) is 25.6 Å². The third-order valence-electron chi connectivity index (χ3n) is 3.66. The molecule has 2 aromatic rings. The quantitative estimate of drug-likeness (QED) is 0.908. The first kappa shape index (κ1) is 14.5. The lowest BCUT2D eigenvalue weighted by Gasteiger charge is -2.32. The predicted octanol–water partition coefficient (Wildman–Crippen LogP) is 1.07. The molecule has 0 saturated carbocycles. The fourth-order valence-corrected chi connectivity index (χ4v) is 2.58. The fourth-order valence-electron chi connectivity index (χ4n) is 2.58. The predicted molar refractivity (Wildman–Crippen MR) is 76.3 cm³/mol. The Kier molecular flexibility index (Phi) is 4.06. The van der Waals surface area contributed by atoms with E-state index < -0.39 is 12.1 Å². The van der Waals surface area contributed by atoms with Gasteiger partial charge in [-0.05, 0) is 12.1 Å². The number of hydrogen-bond acceptors (Lipinski definition) is 5. The van der Waals surface area contributed by atoms with Crippen LogP contribution in [-0.4, -0.2) is 52.8 Å². The molecule has 1 saturated heterocycles. The third kappa shape index (κ3) is 3.09. The Labute approximate surface area is 126 Å². The van der Waals surface area contributed by atoms with E-state index in [1.54, 1.807) is 11.0 Å². The number of ether oxygens (including phenoxy) is 1. The van der Waals surface area contributed by atoms with Gasteiger partial charge in [-0.1, -0.05) is 17.3 Å². The van der Waals surface area contributed by atoms with Crippen LogP contribution in [0.2, 0.25) is 0 Å². The summed E-state index contributed by atoms with van der Waals surface area (Å²) in [6, 6.07) is 7.37. The number of carbonyl (C=O) groups excluding carboxylic acids is 1. The summed E-state index contributed by atoms with van der Waals surface area (Å²) in [5.41, 5.74) is 1.25. The first-order valence-corrected chi connectivity index (χ1v) is 7.08. The number of aromatic nitrogens is 1. The molecular formula is C15H16N2O5. The molecule has 7 heteroatoms. The molecule has 1 amide bonds. The van der Waals surface area contributed by atoms with Crippen molar-refractivity contribution in [2.75, 3.05) is 19.7 Å². The zero-order valence-corrected chi connectivity index (χ0v) is 11.9. The van der Waals surface area contributed by atoms with Crippen LogP contribution in [-0.2, 0) is 20.7 Å². The van der Waals surface area contributed by atoms with E-state index in [9.17, 15) is 9.59 Å². The zero-order valence-electron chi connectivity index (χ0n) is 11.9. The second-order valence-corrected chi connectivity index (χ2v) is 5.23. The highest BCUT2D eigenvalue weighted by atomic mass is 16.5. The second kappa shape index (κ2) is 6.15. The Hall–Kier alpha value is -2.41. The molecule has 1 aliphatic heterocycles. The molecule has 1 fully saturated rings. The van der Waals surface area contributed by atoms with E-state index >= 15 is 0 Å². The van der Waals surface area contributed by atoms with Crippen LogP contribution >= 0.6 is 0 Å². The summed E-state index contributed by atoms with van der Waals surface area (Å²) < 4.78 is 10.6. The zero-order chi connectivity index (χ0) is 15.5. The van der Waals surface area contributed by atoms with Crippen molar-refractivity contribution in [3.05, 3.63) is 30.0 Å². The summed E-state index contributed by atoms with van der Waals surface area (Å²) in [6.45, 7) is 1.11. The number of aliphatic carboxylic acids is 1. The Bertz CT molecular complexity index is 696. The van der Waals surface area contributed by atoms with E-state index in [1.807, 2.05) is 18.2 Å². The maximum absolute atomic E-state index is 12.4. The topological polar surface area (TPSA) is 92.9 Å². The summed E-state index contributed by atoms with van der Waals surface area (Å²) in [7, 11) is 0. The molecular weight excluding hydrogens is 288 g/mol. The summed E-state index contributed by atoms with van der Waals surface area (Å²) in [5, 5.41) is 13.6. The Balaban J connectivity index is 1.67. The number of rotatable bonds is 4. The monoisotopic (exact) mass is 304 g/mol. The highest BCUT2D eigenvalue weighted by Gasteiger charge is 2.26. The Morgan fingerprint density at radius 2 is 2.18 bits per heavy atom. The summed E-state index contributed by atoms with van der Waals surface area (Å²) in [4.78, 5) is 24.7. The minimum Gasteiger partial charge on any atom is -0.481 e. The second-order valence-electron chi connectivity index (χ2n) is 5.23. The normalized spacial score (nSPS) is 18.5. The summed E-state index contributed by atoms with van der Waals surface area (Å²) in [6.07, 6.45) is -0.419. The van der Waals surface area contributed by atoms with Crippen molar-refractivity contribution in [2.24, 2.45) is 0 Å². The van der Waals surface area contributed by atoms with Crippen LogP contribution in [0.1, 0.15) is 12.1 Å². The van der Waals surface area contributed by atoms with E-state index in [0.717, 1.165) is 5.39 Å². The first-order valence-electron chi connectivity index (χ1n) is 7.08. The molecule has 116 valence electrons. The highest BCUT2D eigenvalue weighted by molar-refractivity contribution is 5.86. The van der Waals surface area contributed by atoms with Crippen LogP contribution in [0.15, 0.2) is 28.8 Å². The molecule has 7 nitrogen and oxygen atoms in total. The lowest BCUT2D eigenvalue weighted by molar-refractivity contribution is -0.147. The van der Waals surface area contributed by atoms with E-state index in [1.165, 1.54) is 0 Å². The SMILES string of the molecule is O=C(O)CC1CN(C(=O)Cc2noc3ccccc23)CCO1. The van der Waals surface area contributed by atoms with E-state index in [0.29, 0.717) is 31.0 Å². The molecule has 1 N–H and O–H groups in total. The molecule has 0 aliphatic carbocycles. The van der Waals surface area contributed by atoms with Crippen molar-refractivity contribution >= 4 is 22.8 Å². The van der Waals surface area contributed by atoms with Gasteiger partial charge in [0.1, 0.15) is 5.69 Å². The summed E-state index contributed by atoms with van der Waals surface area (Å²) in [5.74, 6) is -1.03. The molecule has 1 unspecified atom stereocenters. The number of fused-ring (bicyclic) bond motifs is 1. The van der Waals surface area contributed by atoms with Crippen LogP contribution in [0.5, 0.6) is 0 Å². The van der Waals surface area contributed by atoms with Gasteiger partial charge < -0.3 is 19.3 Å². The van der Waals surface area contributed by atoms with Gasteiger partial charge in [0.25, 0.3) is 0 Å². The molecule has 3 rings (SSSR count). The average molecular weight is 304 g/mol. The van der Waals surface area contributed by atoms with Crippen molar-refractivity contribution in [1.82, 2.24) is 10.1 Å². The molecule has 22 heavy (non-hydrogen) atoms. The number of carboxylic acids is 1. The molecule has 1 aliphatic rings. The van der Waals surface area contributed by atoms with Gasteiger partial charge in [-0.3, -0.25) is 9.59 Å². The van der Waals surface area contributed by atoms with Crippen LogP contribution in [0.3, 0.4) is 0 Å². The fraction of sp³-hybridized carbons (Fsp3) is 0.400. The van der Waals surface area contributed by atoms with Crippen LogP contribution in [0.4, 0.5) is 0 Å². The van der Waals surface area contributed by atoms with E-state index in [4.69, 9.17) is 14.4 Å². The maximum atomic E-state index is 12.4. The number of morpholine rings is 1. The lowest BCUT2D eigenvalue weighted by Crippen LogP contribution is -2.46. The third-order valence-corrected chi connectivity index (χ3v) is 3.66. The molecule has 0 spiro atoms. The van der Waals surface area contributed by atoms with Gasteiger partial charge in [0.2, 0.25) is 5.91 Å². The van der Waals surface area contributed by atoms with Gasteiger partial charge in [-0.15, -0.1) is 0 Å². The molecule has 1 aromatic heterocycles. The number of para-hydroxylation sites is 1. The van der Waals surface area contributed by atoms with Crippen molar-refractivity contribution in [2.45, 2.75) is 18.9 Å². The standard InChI is InChI=1S/C15H16N2O5/c18-14(17-5-6-21-10(9-17)7-15(19)20)8-12-11-3-1-2-4-13(11)22-16-12/h1-4,10H,5-9H2,(H,19,20). The smallest absolute Gasteiger partial charge is 0.306 e. The molecule has 0 bridgehead atoms. The van der Waals surface area contributed by atoms with E-state index in [2.05, 4.69) is 5.16 Å². The van der Waals surface area contributed by atoms with Crippen LogP contribution in [0.25, 0.3) is 11.0 Å². The van der Waals surface area contributed by atoms with Crippen LogP contribution in [0, 0.1) is 0 Å². The molecule has 0 radical (unpaired) electrons. The number of benzene rings is 1. The Morgan fingerprint density at radius 3 is 3.00 bits per heavy atom. The van der Waals surface area contributed by atoms with E-state index in [-0.39, 0.29) is 18.7 Å². The van der Waals surface area contributed by atoms with Crippen molar-refractivity contribution < 1.29 is 24.0 Å². The van der Waals surface area contributed by atoms with Gasteiger partial charge in [0.15, 0.2) is 5.58 Å². The first-order chi connectivity index (χ1) is 10.6. The Morgan fingerprint density at radius 1 is 1.36 bits per heavy atom. The van der Waals surface area contributed by atoms with Gasteiger partial charge in [-0.2, -0.15) is 0 Å². The lowest BCUT2D eigenvalue weighted by atomic mass is 10.1. The number of amides is 1. The van der Waals surface area contributed by atoms with Crippen molar-refractivity contribution in [3.63, 3.8) is 0 Å².